The predicted octanol–water partition coefficient (Wildman–Crippen LogP) is 2.15. The molecule has 5 nitrogen and oxygen atoms in total. The molecular formula is C19H26N4O. The van der Waals surface area contributed by atoms with E-state index in [1.54, 1.807) is 6.33 Å². The van der Waals surface area contributed by atoms with Gasteiger partial charge in [-0.3, -0.25) is 0 Å². The third-order valence-electron chi connectivity index (χ3n) is 4.90. The average Bonchev–Trinajstić information content (AvgIpc) is 2.67. The smallest absolute Gasteiger partial charge is 0.132 e. The van der Waals surface area contributed by atoms with E-state index < -0.39 is 0 Å². The third kappa shape index (κ3) is 4.30. The van der Waals surface area contributed by atoms with E-state index >= 15 is 0 Å². The summed E-state index contributed by atoms with van der Waals surface area (Å²) in [5.74, 6) is 1.32. The van der Waals surface area contributed by atoms with Crippen LogP contribution in [0.2, 0.25) is 0 Å². The maximum absolute atomic E-state index is 10.5. The summed E-state index contributed by atoms with van der Waals surface area (Å²) >= 11 is 0. The summed E-state index contributed by atoms with van der Waals surface area (Å²) in [6.45, 7) is 2.28. The molecule has 1 aliphatic rings. The second-order valence-corrected chi connectivity index (χ2v) is 6.49. The van der Waals surface area contributed by atoms with E-state index in [9.17, 15) is 5.11 Å². The minimum Gasteiger partial charge on any atom is -0.393 e. The normalized spacial score (nSPS) is 17.0. The second kappa shape index (κ2) is 8.22. The number of hydrogen-bond donors (Lipinski definition) is 2. The minimum atomic E-state index is -0.225. The molecule has 1 aromatic heterocycles. The molecule has 24 heavy (non-hydrogen) atoms. The van der Waals surface area contributed by atoms with Crippen LogP contribution in [0.1, 0.15) is 30.5 Å². The molecule has 0 spiro atoms. The molecule has 0 aliphatic carbocycles. The molecule has 1 saturated heterocycles. The maximum atomic E-state index is 10.5. The number of aryl methyl sites for hydroxylation is 1. The SMILES string of the molecule is NCc1cc(N2CCC([C@@H](O)CCc3ccccc3)CC2)ncn1. The van der Waals surface area contributed by atoms with Crippen molar-refractivity contribution in [2.24, 2.45) is 11.7 Å². The van der Waals surface area contributed by atoms with Gasteiger partial charge in [-0.2, -0.15) is 0 Å². The molecule has 1 aliphatic heterocycles. The van der Waals surface area contributed by atoms with Gasteiger partial charge in [0.05, 0.1) is 11.8 Å². The summed E-state index contributed by atoms with van der Waals surface area (Å²) in [5, 5.41) is 10.5. The van der Waals surface area contributed by atoms with Crippen LogP contribution >= 0.6 is 0 Å². The van der Waals surface area contributed by atoms with Crippen LogP contribution < -0.4 is 10.6 Å². The van der Waals surface area contributed by atoms with E-state index in [0.717, 1.165) is 50.3 Å². The molecule has 1 aromatic carbocycles. The van der Waals surface area contributed by atoms with Gasteiger partial charge in [-0.25, -0.2) is 9.97 Å². The number of benzene rings is 1. The highest BCUT2D eigenvalue weighted by atomic mass is 16.3. The number of aliphatic hydroxyl groups is 1. The lowest BCUT2D eigenvalue weighted by molar-refractivity contribution is 0.0849. The number of nitrogens with two attached hydrogens (primary N) is 1. The molecule has 2 heterocycles. The van der Waals surface area contributed by atoms with Crippen molar-refractivity contribution in [2.75, 3.05) is 18.0 Å². The molecule has 1 fully saturated rings. The Morgan fingerprint density at radius 2 is 1.92 bits per heavy atom. The molecule has 0 saturated carbocycles. The largest absolute Gasteiger partial charge is 0.393 e. The number of hydrogen-bond acceptors (Lipinski definition) is 5. The molecule has 3 N–H and O–H groups in total. The zero-order chi connectivity index (χ0) is 16.8. The van der Waals surface area contributed by atoms with Crippen LogP contribution in [0, 0.1) is 5.92 Å². The van der Waals surface area contributed by atoms with Crippen LogP contribution in [-0.4, -0.2) is 34.3 Å². The highest BCUT2D eigenvalue weighted by Gasteiger charge is 2.25. The molecule has 3 rings (SSSR count). The summed E-state index contributed by atoms with van der Waals surface area (Å²) in [6, 6.07) is 12.3. The quantitative estimate of drug-likeness (QED) is 0.851. The van der Waals surface area contributed by atoms with Crippen molar-refractivity contribution >= 4 is 5.82 Å². The summed E-state index contributed by atoms with van der Waals surface area (Å²) in [6.07, 6.45) is 5.12. The molecular weight excluding hydrogens is 300 g/mol. The first-order valence-corrected chi connectivity index (χ1v) is 8.74. The van der Waals surface area contributed by atoms with Gasteiger partial charge in [0.2, 0.25) is 0 Å². The van der Waals surface area contributed by atoms with Crippen molar-refractivity contribution in [3.8, 4) is 0 Å². The number of piperidine rings is 1. The van der Waals surface area contributed by atoms with E-state index in [2.05, 4.69) is 39.1 Å². The summed E-state index contributed by atoms with van der Waals surface area (Å²) in [4.78, 5) is 10.8. The van der Waals surface area contributed by atoms with Gasteiger partial charge < -0.3 is 15.7 Å². The van der Waals surface area contributed by atoms with Crippen molar-refractivity contribution in [3.63, 3.8) is 0 Å². The van der Waals surface area contributed by atoms with Crippen LogP contribution in [-0.2, 0) is 13.0 Å². The standard InChI is InChI=1S/C19H26N4O/c20-13-17-12-19(22-14-21-17)23-10-8-16(9-11-23)18(24)7-6-15-4-2-1-3-5-15/h1-5,12,14,16,18,24H,6-11,13,20H2/t18-/m0/s1. The lowest BCUT2D eigenvalue weighted by Gasteiger charge is -2.35. The number of aliphatic hydroxyl groups excluding tert-OH is 1. The minimum absolute atomic E-state index is 0.225. The van der Waals surface area contributed by atoms with Crippen molar-refractivity contribution in [1.29, 1.82) is 0 Å². The fourth-order valence-electron chi connectivity index (χ4n) is 3.38. The van der Waals surface area contributed by atoms with Gasteiger partial charge in [-0.1, -0.05) is 30.3 Å². The molecule has 2 aromatic rings. The van der Waals surface area contributed by atoms with Crippen LogP contribution in [0.25, 0.3) is 0 Å². The summed E-state index contributed by atoms with van der Waals surface area (Å²) in [5.41, 5.74) is 7.81. The first kappa shape index (κ1) is 16.9. The topological polar surface area (TPSA) is 75.3 Å². The Bertz CT molecular complexity index is 626. The fraction of sp³-hybridized carbons (Fsp3) is 0.474. The number of anilines is 1. The van der Waals surface area contributed by atoms with Crippen LogP contribution in [0.5, 0.6) is 0 Å². The van der Waals surface area contributed by atoms with Crippen molar-refractivity contribution < 1.29 is 5.11 Å². The monoisotopic (exact) mass is 326 g/mol. The first-order valence-electron chi connectivity index (χ1n) is 8.74. The van der Waals surface area contributed by atoms with Crippen LogP contribution in [0.15, 0.2) is 42.7 Å². The van der Waals surface area contributed by atoms with Gasteiger partial charge in [0.15, 0.2) is 0 Å². The zero-order valence-electron chi connectivity index (χ0n) is 14.0. The van der Waals surface area contributed by atoms with Gasteiger partial charge in [0.1, 0.15) is 12.1 Å². The lowest BCUT2D eigenvalue weighted by Crippen LogP contribution is -2.38. The Morgan fingerprint density at radius 3 is 2.62 bits per heavy atom. The van der Waals surface area contributed by atoms with Crippen molar-refractivity contribution in [1.82, 2.24) is 9.97 Å². The summed E-state index contributed by atoms with van der Waals surface area (Å²) < 4.78 is 0. The molecule has 0 bridgehead atoms. The van der Waals surface area contributed by atoms with E-state index in [-0.39, 0.29) is 6.10 Å². The molecule has 0 unspecified atom stereocenters. The zero-order valence-corrected chi connectivity index (χ0v) is 14.0. The van der Waals surface area contributed by atoms with Crippen molar-refractivity contribution in [2.45, 2.75) is 38.3 Å². The molecule has 0 amide bonds. The van der Waals surface area contributed by atoms with Gasteiger partial charge >= 0.3 is 0 Å². The number of nitrogens with zero attached hydrogens (tertiary/aromatic N) is 3. The van der Waals surface area contributed by atoms with E-state index in [0.29, 0.717) is 12.5 Å². The average molecular weight is 326 g/mol. The Kier molecular flexibility index (Phi) is 5.77. The summed E-state index contributed by atoms with van der Waals surface area (Å²) in [7, 11) is 0. The van der Waals surface area contributed by atoms with Gasteiger partial charge in [-0.05, 0) is 37.2 Å². The maximum Gasteiger partial charge on any atom is 0.132 e. The molecule has 128 valence electrons. The van der Waals surface area contributed by atoms with E-state index in [1.807, 2.05) is 12.1 Å². The Labute approximate surface area is 143 Å². The van der Waals surface area contributed by atoms with Crippen LogP contribution in [0.4, 0.5) is 5.82 Å². The fourth-order valence-corrected chi connectivity index (χ4v) is 3.38. The van der Waals surface area contributed by atoms with Crippen molar-refractivity contribution in [3.05, 3.63) is 54.0 Å². The molecule has 5 heteroatoms. The Hall–Kier alpha value is -1.98. The molecule has 1 atom stereocenters. The Morgan fingerprint density at radius 1 is 1.17 bits per heavy atom. The molecule has 0 radical (unpaired) electrons. The van der Waals surface area contributed by atoms with Gasteiger partial charge in [0.25, 0.3) is 0 Å². The number of rotatable bonds is 6. The third-order valence-corrected chi connectivity index (χ3v) is 4.90. The highest BCUT2D eigenvalue weighted by Crippen LogP contribution is 2.26. The lowest BCUT2D eigenvalue weighted by atomic mass is 9.88. The highest BCUT2D eigenvalue weighted by molar-refractivity contribution is 5.39. The van der Waals surface area contributed by atoms with Crippen LogP contribution in [0.3, 0.4) is 0 Å². The van der Waals surface area contributed by atoms with E-state index in [1.165, 1.54) is 5.56 Å². The van der Waals surface area contributed by atoms with E-state index in [4.69, 9.17) is 5.73 Å². The predicted molar refractivity (Wildman–Crippen MR) is 95.6 cm³/mol. The number of aromatic nitrogens is 2. The first-order chi connectivity index (χ1) is 11.8. The second-order valence-electron chi connectivity index (χ2n) is 6.49. The Balaban J connectivity index is 1.49. The van der Waals surface area contributed by atoms with Gasteiger partial charge in [-0.15, -0.1) is 0 Å². The van der Waals surface area contributed by atoms with Gasteiger partial charge in [0, 0.05) is 25.7 Å².